The van der Waals surface area contributed by atoms with Crippen molar-refractivity contribution in [2.75, 3.05) is 0 Å². The van der Waals surface area contributed by atoms with Crippen molar-refractivity contribution in [3.05, 3.63) is 59.9 Å². The van der Waals surface area contributed by atoms with E-state index in [4.69, 9.17) is 0 Å². The van der Waals surface area contributed by atoms with Gasteiger partial charge in [-0.05, 0) is 41.7 Å². The quantitative estimate of drug-likeness (QED) is 0.859. The molecule has 1 saturated carbocycles. The fraction of sp³-hybridized carbons (Fsp3) is 0.250. The molecule has 1 N–H and O–H groups in total. The minimum absolute atomic E-state index is 0.188. The Bertz CT molecular complexity index is 529. The van der Waals surface area contributed by atoms with Crippen molar-refractivity contribution in [3.63, 3.8) is 0 Å². The lowest BCUT2D eigenvalue weighted by molar-refractivity contribution is 0.628. The summed E-state index contributed by atoms with van der Waals surface area (Å²) in [6.07, 6.45) is 2.61. The van der Waals surface area contributed by atoms with Gasteiger partial charge in [0.15, 0.2) is 0 Å². The maximum absolute atomic E-state index is 13.1. The third-order valence-electron chi connectivity index (χ3n) is 3.28. The lowest BCUT2D eigenvalue weighted by Gasteiger charge is -2.05. The van der Waals surface area contributed by atoms with Gasteiger partial charge in [0.1, 0.15) is 5.82 Å². The predicted octanol–water partition coefficient (Wildman–Crippen LogP) is 3.74. The van der Waals surface area contributed by atoms with Crippen LogP contribution < -0.4 is 5.32 Å². The van der Waals surface area contributed by atoms with Crippen LogP contribution in [0.1, 0.15) is 18.4 Å². The van der Waals surface area contributed by atoms with Crippen molar-refractivity contribution >= 4 is 0 Å². The van der Waals surface area contributed by atoms with E-state index >= 15 is 0 Å². The number of halogens is 1. The van der Waals surface area contributed by atoms with Gasteiger partial charge in [-0.3, -0.25) is 0 Å². The third kappa shape index (κ3) is 2.77. The molecular formula is C16H16FN. The highest BCUT2D eigenvalue weighted by molar-refractivity contribution is 5.63. The smallest absolute Gasteiger partial charge is 0.123 e. The van der Waals surface area contributed by atoms with Crippen molar-refractivity contribution in [1.82, 2.24) is 5.32 Å². The predicted molar refractivity (Wildman–Crippen MR) is 71.7 cm³/mol. The summed E-state index contributed by atoms with van der Waals surface area (Å²) in [5.74, 6) is -0.188. The van der Waals surface area contributed by atoms with Crippen LogP contribution in [-0.4, -0.2) is 6.04 Å². The molecule has 92 valence electrons. The second kappa shape index (κ2) is 4.91. The van der Waals surface area contributed by atoms with Crippen molar-refractivity contribution in [3.8, 4) is 11.1 Å². The van der Waals surface area contributed by atoms with E-state index in [-0.39, 0.29) is 5.82 Å². The second-order valence-electron chi connectivity index (χ2n) is 4.86. The zero-order valence-electron chi connectivity index (χ0n) is 10.2. The van der Waals surface area contributed by atoms with Crippen LogP contribution in [0.4, 0.5) is 4.39 Å². The fourth-order valence-electron chi connectivity index (χ4n) is 2.03. The van der Waals surface area contributed by atoms with Gasteiger partial charge in [-0.1, -0.05) is 36.4 Å². The van der Waals surface area contributed by atoms with Gasteiger partial charge in [0.2, 0.25) is 0 Å². The Kier molecular flexibility index (Phi) is 3.11. The zero-order valence-corrected chi connectivity index (χ0v) is 10.2. The summed E-state index contributed by atoms with van der Waals surface area (Å²) in [7, 11) is 0. The van der Waals surface area contributed by atoms with Crippen LogP contribution >= 0.6 is 0 Å². The van der Waals surface area contributed by atoms with E-state index in [0.717, 1.165) is 23.7 Å². The number of hydrogen-bond acceptors (Lipinski definition) is 1. The van der Waals surface area contributed by atoms with E-state index in [1.165, 1.54) is 24.5 Å². The molecule has 1 aliphatic carbocycles. The molecule has 18 heavy (non-hydrogen) atoms. The molecule has 0 bridgehead atoms. The Morgan fingerprint density at radius 2 is 1.78 bits per heavy atom. The van der Waals surface area contributed by atoms with Crippen LogP contribution in [0.5, 0.6) is 0 Å². The molecule has 0 radical (unpaired) electrons. The largest absolute Gasteiger partial charge is 0.310 e. The average Bonchev–Trinajstić information content (AvgIpc) is 3.21. The normalized spacial score (nSPS) is 14.7. The van der Waals surface area contributed by atoms with Gasteiger partial charge in [-0.2, -0.15) is 0 Å². The number of hydrogen-bond donors (Lipinski definition) is 1. The number of benzene rings is 2. The van der Waals surface area contributed by atoms with Gasteiger partial charge >= 0.3 is 0 Å². The minimum Gasteiger partial charge on any atom is -0.310 e. The maximum Gasteiger partial charge on any atom is 0.123 e. The molecule has 1 aliphatic rings. The monoisotopic (exact) mass is 241 g/mol. The third-order valence-corrected chi connectivity index (χ3v) is 3.28. The molecule has 0 heterocycles. The van der Waals surface area contributed by atoms with E-state index in [0.29, 0.717) is 0 Å². The fourth-order valence-corrected chi connectivity index (χ4v) is 2.03. The van der Waals surface area contributed by atoms with Crippen molar-refractivity contribution in [2.45, 2.75) is 25.4 Å². The van der Waals surface area contributed by atoms with E-state index in [2.05, 4.69) is 29.6 Å². The van der Waals surface area contributed by atoms with Crippen LogP contribution in [0, 0.1) is 5.82 Å². The molecular weight excluding hydrogens is 225 g/mol. The molecule has 2 aromatic rings. The molecule has 0 unspecified atom stereocenters. The summed E-state index contributed by atoms with van der Waals surface area (Å²) in [4.78, 5) is 0. The molecule has 0 spiro atoms. The lowest BCUT2D eigenvalue weighted by Crippen LogP contribution is -2.14. The molecule has 2 aromatic carbocycles. The highest BCUT2D eigenvalue weighted by Gasteiger charge is 2.19. The topological polar surface area (TPSA) is 12.0 Å². The molecule has 1 nitrogen and oxygen atoms in total. The average molecular weight is 241 g/mol. The summed E-state index contributed by atoms with van der Waals surface area (Å²) in [5, 5.41) is 3.48. The van der Waals surface area contributed by atoms with Crippen LogP contribution in [0.2, 0.25) is 0 Å². The van der Waals surface area contributed by atoms with Crippen LogP contribution in [0.3, 0.4) is 0 Å². The van der Waals surface area contributed by atoms with Crippen molar-refractivity contribution in [1.29, 1.82) is 0 Å². The summed E-state index contributed by atoms with van der Waals surface area (Å²) in [6.45, 7) is 0.925. The van der Waals surface area contributed by atoms with E-state index in [1.807, 2.05) is 6.07 Å². The molecule has 0 amide bonds. The first-order valence-corrected chi connectivity index (χ1v) is 6.39. The first-order valence-electron chi connectivity index (χ1n) is 6.39. The maximum atomic E-state index is 13.1. The molecule has 0 atom stereocenters. The van der Waals surface area contributed by atoms with E-state index < -0.39 is 0 Å². The first-order chi connectivity index (χ1) is 8.81. The summed E-state index contributed by atoms with van der Waals surface area (Å²) >= 11 is 0. The summed E-state index contributed by atoms with van der Waals surface area (Å²) < 4.78 is 13.1. The minimum atomic E-state index is -0.188. The van der Waals surface area contributed by atoms with Gasteiger partial charge in [0.25, 0.3) is 0 Å². The second-order valence-corrected chi connectivity index (χ2v) is 4.86. The molecule has 1 fully saturated rings. The lowest BCUT2D eigenvalue weighted by atomic mass is 10.0. The molecule has 0 saturated heterocycles. The first kappa shape index (κ1) is 11.4. The van der Waals surface area contributed by atoms with E-state index in [1.54, 1.807) is 12.1 Å². The molecule has 2 heteroatoms. The Balaban J connectivity index is 1.73. The Labute approximate surface area is 107 Å². The highest BCUT2D eigenvalue weighted by Crippen LogP contribution is 2.22. The molecule has 0 aromatic heterocycles. The van der Waals surface area contributed by atoms with Crippen LogP contribution in [0.15, 0.2) is 48.5 Å². The zero-order chi connectivity index (χ0) is 12.4. The summed E-state index contributed by atoms with van der Waals surface area (Å²) in [6, 6.07) is 15.8. The van der Waals surface area contributed by atoms with Gasteiger partial charge in [0.05, 0.1) is 0 Å². The Morgan fingerprint density at radius 3 is 2.44 bits per heavy atom. The van der Waals surface area contributed by atoms with Crippen LogP contribution in [-0.2, 0) is 6.54 Å². The van der Waals surface area contributed by atoms with Crippen molar-refractivity contribution < 1.29 is 4.39 Å². The van der Waals surface area contributed by atoms with Crippen LogP contribution in [0.25, 0.3) is 11.1 Å². The van der Waals surface area contributed by atoms with Gasteiger partial charge in [0, 0.05) is 12.6 Å². The Hall–Kier alpha value is -1.67. The highest BCUT2D eigenvalue weighted by atomic mass is 19.1. The molecule has 3 rings (SSSR count). The van der Waals surface area contributed by atoms with Gasteiger partial charge < -0.3 is 5.32 Å². The number of rotatable bonds is 4. The summed E-state index contributed by atoms with van der Waals surface area (Å²) in [5.41, 5.74) is 3.27. The van der Waals surface area contributed by atoms with Crippen molar-refractivity contribution in [2.24, 2.45) is 0 Å². The molecule has 0 aliphatic heterocycles. The van der Waals surface area contributed by atoms with E-state index in [9.17, 15) is 4.39 Å². The Morgan fingerprint density at radius 1 is 1.00 bits per heavy atom. The SMILES string of the molecule is Fc1cccc(-c2ccc(CNC3CC3)cc2)c1. The van der Waals surface area contributed by atoms with Gasteiger partial charge in [-0.25, -0.2) is 4.39 Å². The standard InChI is InChI=1S/C16H16FN/c17-15-3-1-2-14(10-15)13-6-4-12(5-7-13)11-18-16-8-9-16/h1-7,10,16,18H,8-9,11H2. The number of nitrogens with one attached hydrogen (secondary N) is 1. The van der Waals surface area contributed by atoms with Gasteiger partial charge in [-0.15, -0.1) is 0 Å².